The maximum atomic E-state index is 12.6. The Morgan fingerprint density at radius 3 is 2.72 bits per heavy atom. The van der Waals surface area contributed by atoms with E-state index in [9.17, 15) is 9.90 Å². The number of ether oxygens (including phenoxy) is 5. The zero-order valence-electron chi connectivity index (χ0n) is 22.8. The molecule has 4 heterocycles. The van der Waals surface area contributed by atoms with Gasteiger partial charge in [0.15, 0.2) is 23.0 Å². The first kappa shape index (κ1) is 25.8. The summed E-state index contributed by atoms with van der Waals surface area (Å²) in [7, 11) is 3.70. The molecule has 2 bridgehead atoms. The van der Waals surface area contributed by atoms with Gasteiger partial charge in [0.05, 0.1) is 19.2 Å². The van der Waals surface area contributed by atoms with E-state index in [1.54, 1.807) is 7.11 Å². The Morgan fingerprint density at radius 2 is 2.00 bits per heavy atom. The van der Waals surface area contributed by atoms with Gasteiger partial charge in [-0.2, -0.15) is 0 Å². The van der Waals surface area contributed by atoms with Gasteiger partial charge in [-0.1, -0.05) is 18.7 Å². The van der Waals surface area contributed by atoms with E-state index in [2.05, 4.69) is 29.5 Å². The molecule has 0 spiro atoms. The molecular formula is C29H35N3O7. The smallest absolute Gasteiger partial charge is 0.504 e. The van der Waals surface area contributed by atoms with Crippen molar-refractivity contribution in [3.05, 3.63) is 52.1 Å². The molecule has 1 unspecified atom stereocenters. The Kier molecular flexibility index (Phi) is 6.36. The molecule has 1 fully saturated rings. The number of piperazine rings is 1. The minimum atomic E-state index is -0.813. The molecule has 4 aliphatic heterocycles. The van der Waals surface area contributed by atoms with Gasteiger partial charge in [0, 0.05) is 47.4 Å². The van der Waals surface area contributed by atoms with E-state index in [4.69, 9.17) is 29.4 Å². The number of methoxy groups -OCH3 is 1. The van der Waals surface area contributed by atoms with Crippen LogP contribution in [0.3, 0.4) is 0 Å². The predicted molar refractivity (Wildman–Crippen MR) is 143 cm³/mol. The number of carbonyl (C=O) groups excluding carboxylic acids is 1. The van der Waals surface area contributed by atoms with Crippen LogP contribution in [0.4, 0.5) is 4.79 Å². The van der Waals surface area contributed by atoms with Crippen molar-refractivity contribution in [2.45, 2.75) is 50.9 Å². The summed E-state index contributed by atoms with van der Waals surface area (Å²) in [5.41, 5.74) is 11.8. The molecule has 4 atom stereocenters. The lowest BCUT2D eigenvalue weighted by Gasteiger charge is -2.58. The molecule has 2 aromatic carbocycles. The van der Waals surface area contributed by atoms with E-state index in [1.807, 2.05) is 13.8 Å². The third kappa shape index (κ3) is 3.76. The molecule has 2 aromatic rings. The molecule has 3 N–H and O–H groups in total. The zero-order valence-corrected chi connectivity index (χ0v) is 22.8. The molecule has 10 nitrogen and oxygen atoms in total. The fourth-order valence-electron chi connectivity index (χ4n) is 7.16. The van der Waals surface area contributed by atoms with Gasteiger partial charge in [0.2, 0.25) is 6.79 Å². The molecule has 10 heteroatoms. The van der Waals surface area contributed by atoms with Crippen LogP contribution < -0.4 is 24.7 Å². The van der Waals surface area contributed by atoms with E-state index in [0.29, 0.717) is 41.5 Å². The van der Waals surface area contributed by atoms with E-state index in [1.165, 1.54) is 6.08 Å². The van der Waals surface area contributed by atoms with Crippen LogP contribution in [0.1, 0.15) is 45.5 Å². The summed E-state index contributed by atoms with van der Waals surface area (Å²) < 4.78 is 28.4. The maximum Gasteiger partial charge on any atom is 0.514 e. The highest BCUT2D eigenvalue weighted by atomic mass is 16.7. The fourth-order valence-corrected chi connectivity index (χ4v) is 7.16. The van der Waals surface area contributed by atoms with Gasteiger partial charge in [0.25, 0.3) is 0 Å². The summed E-state index contributed by atoms with van der Waals surface area (Å²) in [6, 6.07) is 1.99. The van der Waals surface area contributed by atoms with Gasteiger partial charge in [-0.05, 0) is 44.9 Å². The fraction of sp³-hybridized carbons (Fsp3) is 0.483. The number of phenols is 1. The summed E-state index contributed by atoms with van der Waals surface area (Å²) in [6.07, 6.45) is 2.03. The van der Waals surface area contributed by atoms with E-state index >= 15 is 0 Å². The van der Waals surface area contributed by atoms with Crippen molar-refractivity contribution in [2.24, 2.45) is 5.73 Å². The molecule has 0 amide bonds. The van der Waals surface area contributed by atoms with Crippen LogP contribution in [0.2, 0.25) is 0 Å². The Morgan fingerprint density at radius 1 is 1.23 bits per heavy atom. The minimum absolute atomic E-state index is 0.0397. The van der Waals surface area contributed by atoms with E-state index in [-0.39, 0.29) is 43.3 Å². The molecule has 0 radical (unpaired) electrons. The van der Waals surface area contributed by atoms with Crippen LogP contribution >= 0.6 is 0 Å². The molecule has 0 saturated carbocycles. The average Bonchev–Trinajstić information content (AvgIpc) is 3.40. The van der Waals surface area contributed by atoms with Crippen molar-refractivity contribution >= 4 is 6.16 Å². The zero-order chi connectivity index (χ0) is 27.6. The highest BCUT2D eigenvalue weighted by molar-refractivity contribution is 5.72. The summed E-state index contributed by atoms with van der Waals surface area (Å²) in [5, 5.41) is 11.5. The standard InChI is InChI=1S/C29H35N3O7/c1-6-7-36-29(34)39-26-15(3)27-28(38-13-37-27)22-18(26)10-19-23-21-16(8-14(2)25(35-5)24(21)33)9-17(31(23)4)12-32(19)20(22)11-30/h6,8,17,19-20,23,33H,1,7,9-13,30H2,2-5H3/t17-,19?,20-,23-/m0/s1. The molecular weight excluding hydrogens is 502 g/mol. The third-order valence-electron chi connectivity index (χ3n) is 8.76. The molecule has 0 aromatic heterocycles. The summed E-state index contributed by atoms with van der Waals surface area (Å²) in [5.74, 6) is 2.32. The SMILES string of the molecule is C=CCOC(=O)Oc1c(C)c2c(c3c1CC1[C@H]4c5c(cc(C)c(OC)c5O)C[C@@H](CN1[C@H]3CN)N4C)OCO2. The summed E-state index contributed by atoms with van der Waals surface area (Å²) in [4.78, 5) is 17.4. The lowest BCUT2D eigenvalue weighted by Crippen LogP contribution is -2.64. The second-order valence-corrected chi connectivity index (χ2v) is 10.7. The van der Waals surface area contributed by atoms with Crippen LogP contribution in [0.5, 0.6) is 28.7 Å². The van der Waals surface area contributed by atoms with Crippen LogP contribution in [-0.2, 0) is 17.6 Å². The average molecular weight is 538 g/mol. The van der Waals surface area contributed by atoms with Crippen molar-refractivity contribution in [2.75, 3.05) is 40.6 Å². The Balaban J connectivity index is 1.52. The topological polar surface area (TPSA) is 116 Å². The number of hydrogen-bond acceptors (Lipinski definition) is 10. The quantitative estimate of drug-likeness (QED) is 0.334. The van der Waals surface area contributed by atoms with Crippen LogP contribution in [-0.4, -0.2) is 73.8 Å². The monoisotopic (exact) mass is 537 g/mol. The summed E-state index contributed by atoms with van der Waals surface area (Å²) in [6.45, 7) is 8.67. The Hall–Kier alpha value is -3.47. The van der Waals surface area contributed by atoms with Crippen LogP contribution in [0, 0.1) is 13.8 Å². The number of phenolic OH excluding ortho intramolecular Hbond substituents is 1. The highest BCUT2D eigenvalue weighted by Gasteiger charge is 2.52. The van der Waals surface area contributed by atoms with Crippen LogP contribution in [0.25, 0.3) is 0 Å². The van der Waals surface area contributed by atoms with Crippen LogP contribution in [0.15, 0.2) is 18.7 Å². The molecule has 4 aliphatic rings. The van der Waals surface area contributed by atoms with Gasteiger partial charge < -0.3 is 34.5 Å². The molecule has 0 aliphatic carbocycles. The van der Waals surface area contributed by atoms with Gasteiger partial charge in [0.1, 0.15) is 12.4 Å². The number of fused-ring (bicyclic) bond motifs is 9. The lowest BCUT2D eigenvalue weighted by atomic mass is 9.74. The first-order valence-corrected chi connectivity index (χ1v) is 13.3. The molecule has 39 heavy (non-hydrogen) atoms. The number of carbonyl (C=O) groups is 1. The molecule has 208 valence electrons. The maximum absolute atomic E-state index is 12.6. The largest absolute Gasteiger partial charge is 0.514 e. The van der Waals surface area contributed by atoms with Crippen molar-refractivity contribution in [1.82, 2.24) is 9.80 Å². The number of aryl methyl sites for hydroxylation is 1. The predicted octanol–water partition coefficient (Wildman–Crippen LogP) is 3.29. The summed E-state index contributed by atoms with van der Waals surface area (Å²) >= 11 is 0. The number of hydrogen-bond donors (Lipinski definition) is 2. The van der Waals surface area contributed by atoms with Crippen molar-refractivity contribution in [1.29, 1.82) is 0 Å². The molecule has 6 rings (SSSR count). The highest BCUT2D eigenvalue weighted by Crippen LogP contribution is 2.57. The van der Waals surface area contributed by atoms with Gasteiger partial charge in [-0.25, -0.2) is 4.79 Å². The number of nitrogens with two attached hydrogens (primary N) is 1. The van der Waals surface area contributed by atoms with E-state index in [0.717, 1.165) is 40.8 Å². The van der Waals surface area contributed by atoms with Gasteiger partial charge >= 0.3 is 6.16 Å². The molecule has 1 saturated heterocycles. The number of rotatable bonds is 5. The van der Waals surface area contributed by atoms with Gasteiger partial charge in [-0.15, -0.1) is 0 Å². The third-order valence-corrected chi connectivity index (χ3v) is 8.76. The second-order valence-electron chi connectivity index (χ2n) is 10.7. The first-order valence-electron chi connectivity index (χ1n) is 13.3. The first-order chi connectivity index (χ1) is 18.8. The van der Waals surface area contributed by atoms with Gasteiger partial charge in [-0.3, -0.25) is 9.80 Å². The van der Waals surface area contributed by atoms with Crippen molar-refractivity contribution in [3.63, 3.8) is 0 Å². The van der Waals surface area contributed by atoms with E-state index < -0.39 is 6.16 Å². The normalized spacial score (nSPS) is 24.8. The number of benzene rings is 2. The lowest BCUT2D eigenvalue weighted by molar-refractivity contribution is -0.0466. The van der Waals surface area contributed by atoms with Crippen molar-refractivity contribution in [3.8, 4) is 28.7 Å². The Bertz CT molecular complexity index is 1360. The van der Waals surface area contributed by atoms with Crippen molar-refractivity contribution < 1.29 is 33.6 Å². The second kappa shape index (κ2) is 9.62. The minimum Gasteiger partial charge on any atom is -0.504 e. The number of aromatic hydroxyl groups is 1. The number of nitrogens with zero attached hydrogens (tertiary/aromatic N) is 2. The Labute approximate surface area is 227 Å². The number of likely N-dealkylation sites (N-methyl/N-ethyl adjacent to an activating group) is 1.